The van der Waals surface area contributed by atoms with Crippen LogP contribution in [0.15, 0.2) is 0 Å². The number of hydrogen-bond acceptors (Lipinski definition) is 2. The number of benzene rings is 1. The Hall–Kier alpha value is -1.62. The Balaban J connectivity index is 2.64. The molecule has 1 atom stereocenters. The largest absolute Gasteiger partial charge is 0.507 e. The summed E-state index contributed by atoms with van der Waals surface area (Å²) in [5, 5.41) is 10.0. The highest BCUT2D eigenvalue weighted by Crippen LogP contribution is 2.42. The molecule has 1 heterocycles. The predicted molar refractivity (Wildman–Crippen MR) is 68.5 cm³/mol. The highest BCUT2D eigenvalue weighted by molar-refractivity contribution is 5.58. The van der Waals surface area contributed by atoms with Crippen molar-refractivity contribution < 1.29 is 9.84 Å². The molecule has 0 radical (unpaired) electrons. The number of rotatable bonds is 0. The first kappa shape index (κ1) is 11.9. The maximum Gasteiger partial charge on any atom is 0.166 e. The molecule has 0 fully saturated rings. The van der Waals surface area contributed by atoms with Crippen molar-refractivity contribution in [3.63, 3.8) is 0 Å². The van der Waals surface area contributed by atoms with Crippen LogP contribution in [0.2, 0.25) is 0 Å². The minimum absolute atomic E-state index is 0.383. The van der Waals surface area contributed by atoms with Gasteiger partial charge in [0.05, 0.1) is 0 Å². The van der Waals surface area contributed by atoms with E-state index in [9.17, 15) is 5.11 Å². The third-order valence-corrected chi connectivity index (χ3v) is 3.82. The van der Waals surface area contributed by atoms with E-state index in [4.69, 9.17) is 11.2 Å². The number of aromatic hydroxyl groups is 1. The molecule has 0 spiro atoms. The summed E-state index contributed by atoms with van der Waals surface area (Å²) in [6.45, 7) is 7.74. The van der Waals surface area contributed by atoms with Crippen molar-refractivity contribution in [1.29, 1.82) is 0 Å². The quantitative estimate of drug-likeness (QED) is 0.694. The Labute approximate surface area is 103 Å². The molecular weight excluding hydrogens is 212 g/mol. The second kappa shape index (κ2) is 3.70. The van der Waals surface area contributed by atoms with Crippen LogP contribution in [0.5, 0.6) is 11.5 Å². The molecule has 1 aromatic rings. The van der Waals surface area contributed by atoms with Gasteiger partial charge in [0.1, 0.15) is 11.5 Å². The third kappa shape index (κ3) is 1.67. The zero-order chi connectivity index (χ0) is 12.8. The summed E-state index contributed by atoms with van der Waals surface area (Å²) < 4.78 is 5.97. The van der Waals surface area contributed by atoms with Crippen LogP contribution in [0, 0.1) is 33.1 Å². The average molecular weight is 230 g/mol. The SMILES string of the molecule is C#C[C@@]1(C)CCc2c(C)c(O)c(C)c(C)c2O1. The molecule has 0 aromatic heterocycles. The van der Waals surface area contributed by atoms with Crippen molar-refractivity contribution in [2.45, 2.75) is 46.1 Å². The predicted octanol–water partition coefficient (Wildman–Crippen LogP) is 3.03. The number of phenolic OH excluding ortho intramolecular Hbond substituents is 1. The highest BCUT2D eigenvalue weighted by atomic mass is 16.5. The summed E-state index contributed by atoms with van der Waals surface area (Å²) in [6.07, 6.45) is 7.17. The second-order valence-electron chi connectivity index (χ2n) is 5.01. The van der Waals surface area contributed by atoms with Gasteiger partial charge in [-0.15, -0.1) is 6.42 Å². The fraction of sp³-hybridized carbons (Fsp3) is 0.467. The third-order valence-electron chi connectivity index (χ3n) is 3.82. The summed E-state index contributed by atoms with van der Waals surface area (Å²) in [6, 6.07) is 0. The Kier molecular flexibility index (Phi) is 2.58. The molecule has 2 rings (SSSR count). The molecule has 1 aliphatic heterocycles. The summed E-state index contributed by atoms with van der Waals surface area (Å²) in [4.78, 5) is 0. The molecule has 0 saturated heterocycles. The van der Waals surface area contributed by atoms with E-state index in [1.807, 2.05) is 27.7 Å². The first-order valence-electron chi connectivity index (χ1n) is 5.88. The fourth-order valence-electron chi connectivity index (χ4n) is 2.35. The van der Waals surface area contributed by atoms with Gasteiger partial charge in [-0.1, -0.05) is 5.92 Å². The Morgan fingerprint density at radius 2 is 1.88 bits per heavy atom. The second-order valence-corrected chi connectivity index (χ2v) is 5.01. The van der Waals surface area contributed by atoms with Gasteiger partial charge < -0.3 is 9.84 Å². The normalized spacial score (nSPS) is 22.5. The van der Waals surface area contributed by atoms with Crippen molar-refractivity contribution in [2.75, 3.05) is 0 Å². The van der Waals surface area contributed by atoms with Crippen molar-refractivity contribution in [2.24, 2.45) is 0 Å². The summed E-state index contributed by atoms with van der Waals surface area (Å²) in [5.41, 5.74) is 3.36. The standard InChI is InChI=1S/C15H18O2/c1-6-15(5)8-7-12-11(4)13(16)9(2)10(3)14(12)17-15/h1,16H,7-8H2,2-5H3/t15-/m0/s1. The maximum absolute atomic E-state index is 10.0. The van der Waals surface area contributed by atoms with Gasteiger partial charge in [0.15, 0.2) is 5.60 Å². The van der Waals surface area contributed by atoms with Gasteiger partial charge in [-0.3, -0.25) is 0 Å². The maximum atomic E-state index is 10.0. The van der Waals surface area contributed by atoms with E-state index in [0.29, 0.717) is 5.75 Å². The lowest BCUT2D eigenvalue weighted by molar-refractivity contribution is 0.122. The molecule has 0 saturated carbocycles. The molecule has 0 unspecified atom stereocenters. The lowest BCUT2D eigenvalue weighted by atomic mass is 9.87. The molecule has 17 heavy (non-hydrogen) atoms. The van der Waals surface area contributed by atoms with Gasteiger partial charge in [0.25, 0.3) is 0 Å². The first-order chi connectivity index (χ1) is 7.89. The molecule has 0 aliphatic carbocycles. The minimum atomic E-state index is -0.520. The van der Waals surface area contributed by atoms with E-state index in [0.717, 1.165) is 40.8 Å². The lowest BCUT2D eigenvalue weighted by Crippen LogP contribution is -2.35. The van der Waals surface area contributed by atoms with Crippen molar-refractivity contribution in [3.8, 4) is 23.8 Å². The summed E-state index contributed by atoms with van der Waals surface area (Å²) in [5.74, 6) is 3.97. The zero-order valence-electron chi connectivity index (χ0n) is 10.8. The number of phenols is 1. The van der Waals surface area contributed by atoms with Gasteiger partial charge in [0.2, 0.25) is 0 Å². The van der Waals surface area contributed by atoms with Crippen molar-refractivity contribution >= 4 is 0 Å². The van der Waals surface area contributed by atoms with Gasteiger partial charge in [-0.25, -0.2) is 0 Å². The van der Waals surface area contributed by atoms with Crippen LogP contribution in [-0.2, 0) is 6.42 Å². The molecule has 1 N–H and O–H groups in total. The van der Waals surface area contributed by atoms with Crippen LogP contribution >= 0.6 is 0 Å². The highest BCUT2D eigenvalue weighted by Gasteiger charge is 2.32. The molecule has 1 aromatic carbocycles. The van der Waals surface area contributed by atoms with E-state index in [1.165, 1.54) is 0 Å². The minimum Gasteiger partial charge on any atom is -0.507 e. The van der Waals surface area contributed by atoms with E-state index < -0.39 is 5.60 Å². The number of hydrogen-bond donors (Lipinski definition) is 1. The Bertz CT molecular complexity index is 523. The fourth-order valence-corrected chi connectivity index (χ4v) is 2.35. The van der Waals surface area contributed by atoms with Crippen LogP contribution in [0.4, 0.5) is 0 Å². The molecule has 1 aliphatic rings. The summed E-state index contributed by atoms with van der Waals surface area (Å²) >= 11 is 0. The van der Waals surface area contributed by atoms with Crippen molar-refractivity contribution in [1.82, 2.24) is 0 Å². The van der Waals surface area contributed by atoms with Gasteiger partial charge in [0, 0.05) is 12.0 Å². The monoisotopic (exact) mass is 230 g/mol. The summed E-state index contributed by atoms with van der Waals surface area (Å²) in [7, 11) is 0. The Morgan fingerprint density at radius 3 is 2.47 bits per heavy atom. The van der Waals surface area contributed by atoms with E-state index in [1.54, 1.807) is 0 Å². The molecular formula is C15H18O2. The van der Waals surface area contributed by atoms with Gasteiger partial charge >= 0.3 is 0 Å². The average Bonchev–Trinajstić information content (AvgIpc) is 2.33. The number of ether oxygens (including phenoxy) is 1. The first-order valence-corrected chi connectivity index (χ1v) is 5.88. The molecule has 2 heteroatoms. The van der Waals surface area contributed by atoms with Gasteiger partial charge in [-0.2, -0.15) is 0 Å². The van der Waals surface area contributed by atoms with E-state index >= 15 is 0 Å². The molecule has 90 valence electrons. The van der Waals surface area contributed by atoms with E-state index in [-0.39, 0.29) is 0 Å². The Morgan fingerprint density at radius 1 is 1.24 bits per heavy atom. The zero-order valence-corrected chi connectivity index (χ0v) is 10.8. The smallest absolute Gasteiger partial charge is 0.166 e. The number of terminal acetylenes is 1. The van der Waals surface area contributed by atoms with Crippen LogP contribution in [0.1, 0.15) is 35.6 Å². The van der Waals surface area contributed by atoms with E-state index in [2.05, 4.69) is 5.92 Å². The van der Waals surface area contributed by atoms with Gasteiger partial charge in [-0.05, 0) is 50.8 Å². The number of fused-ring (bicyclic) bond motifs is 1. The van der Waals surface area contributed by atoms with Crippen LogP contribution in [-0.4, -0.2) is 10.7 Å². The molecule has 2 nitrogen and oxygen atoms in total. The van der Waals surface area contributed by atoms with Crippen molar-refractivity contribution in [3.05, 3.63) is 22.3 Å². The van der Waals surface area contributed by atoms with Crippen LogP contribution < -0.4 is 4.74 Å². The van der Waals surface area contributed by atoms with Crippen LogP contribution in [0.25, 0.3) is 0 Å². The molecule has 0 bridgehead atoms. The van der Waals surface area contributed by atoms with Crippen LogP contribution in [0.3, 0.4) is 0 Å². The topological polar surface area (TPSA) is 29.5 Å². The molecule has 0 amide bonds. The lowest BCUT2D eigenvalue weighted by Gasteiger charge is -2.34.